The van der Waals surface area contributed by atoms with Crippen LogP contribution in [0.1, 0.15) is 33.6 Å². The Bertz CT molecular complexity index is 680. The highest BCUT2D eigenvalue weighted by Crippen LogP contribution is 2.26. The van der Waals surface area contributed by atoms with E-state index >= 15 is 0 Å². The summed E-state index contributed by atoms with van der Waals surface area (Å²) in [4.78, 5) is 19.1. The maximum Gasteiger partial charge on any atom is 0.242 e. The van der Waals surface area contributed by atoms with E-state index in [-0.39, 0.29) is 11.9 Å². The number of aryl methyl sites for hydroxylation is 1. The summed E-state index contributed by atoms with van der Waals surface area (Å²) >= 11 is 0. The Morgan fingerprint density at radius 3 is 2.70 bits per heavy atom. The number of aromatic amines is 1. The van der Waals surface area contributed by atoms with Gasteiger partial charge in [-0.05, 0) is 33.6 Å². The number of amides is 1. The summed E-state index contributed by atoms with van der Waals surface area (Å²) in [6.07, 6.45) is 5.88. The number of carbonyl (C=O) groups is 1. The summed E-state index contributed by atoms with van der Waals surface area (Å²) in [5, 5.41) is 9.99. The number of nitrogens with one attached hydrogen (secondary N) is 2. The predicted octanol–water partition coefficient (Wildman–Crippen LogP) is 2.01. The molecule has 1 fully saturated rings. The summed E-state index contributed by atoms with van der Waals surface area (Å²) in [6.45, 7) is 6.32. The highest BCUT2D eigenvalue weighted by Gasteiger charge is 2.34. The van der Waals surface area contributed by atoms with Crippen molar-refractivity contribution >= 4 is 11.7 Å². The fourth-order valence-corrected chi connectivity index (χ4v) is 3.47. The van der Waals surface area contributed by atoms with Crippen LogP contribution in [0.2, 0.25) is 0 Å². The molecule has 2 N–H and O–H groups in total. The molecule has 7 nitrogen and oxygen atoms in total. The fraction of sp³-hybridized carbons (Fsp3) is 0.562. The number of aromatic nitrogens is 4. The highest BCUT2D eigenvalue weighted by atomic mass is 16.2. The first-order valence-electron chi connectivity index (χ1n) is 8.08. The van der Waals surface area contributed by atoms with E-state index in [1.165, 1.54) is 0 Å². The van der Waals surface area contributed by atoms with Gasteiger partial charge in [0.25, 0.3) is 0 Å². The molecule has 0 spiro atoms. The monoisotopic (exact) mass is 316 g/mol. The topological polar surface area (TPSA) is 78.8 Å². The van der Waals surface area contributed by atoms with Gasteiger partial charge in [-0.15, -0.1) is 0 Å². The molecular weight excluding hydrogens is 292 g/mol. The van der Waals surface area contributed by atoms with E-state index in [1.807, 2.05) is 30.8 Å². The normalized spacial score (nSPS) is 23.1. The van der Waals surface area contributed by atoms with Gasteiger partial charge in [0.15, 0.2) is 11.6 Å². The van der Waals surface area contributed by atoms with Crippen molar-refractivity contribution in [2.45, 2.75) is 51.7 Å². The average Bonchev–Trinajstić information content (AvgIpc) is 3.20. The van der Waals surface area contributed by atoms with Crippen molar-refractivity contribution in [1.29, 1.82) is 0 Å². The van der Waals surface area contributed by atoms with Crippen LogP contribution in [0.15, 0.2) is 18.5 Å². The zero-order valence-electron chi connectivity index (χ0n) is 14.1. The Kier molecular flexibility index (Phi) is 4.21. The first-order chi connectivity index (χ1) is 11.0. The third kappa shape index (κ3) is 3.01. The zero-order valence-corrected chi connectivity index (χ0v) is 14.1. The molecule has 0 radical (unpaired) electrons. The molecule has 3 atom stereocenters. The molecule has 23 heavy (non-hydrogen) atoms. The Morgan fingerprint density at radius 1 is 1.39 bits per heavy atom. The van der Waals surface area contributed by atoms with Crippen LogP contribution < -0.4 is 5.32 Å². The Balaban J connectivity index is 1.69. The number of imidazole rings is 1. The van der Waals surface area contributed by atoms with Crippen molar-refractivity contribution in [3.05, 3.63) is 18.5 Å². The molecule has 1 aliphatic heterocycles. The van der Waals surface area contributed by atoms with E-state index in [0.29, 0.717) is 17.9 Å². The van der Waals surface area contributed by atoms with Crippen molar-refractivity contribution in [2.24, 2.45) is 7.05 Å². The molecule has 1 amide bonds. The number of nitrogens with zero attached hydrogens (tertiary/aromatic N) is 4. The SMILES string of the molecule is C[C@@H]1CC[C@H](C)N1[C@H](C)C(=O)Nc1cc(-c2nccn2C)[nH]n1. The molecule has 1 aliphatic rings. The van der Waals surface area contributed by atoms with Gasteiger partial charge in [0, 0.05) is 37.6 Å². The van der Waals surface area contributed by atoms with E-state index in [4.69, 9.17) is 0 Å². The molecule has 124 valence electrons. The van der Waals surface area contributed by atoms with Gasteiger partial charge in [-0.3, -0.25) is 14.8 Å². The molecular formula is C16H24N6O. The molecule has 0 bridgehead atoms. The number of carbonyl (C=O) groups excluding carboxylic acids is 1. The second kappa shape index (κ2) is 6.16. The van der Waals surface area contributed by atoms with Gasteiger partial charge in [-0.2, -0.15) is 5.10 Å². The van der Waals surface area contributed by atoms with Crippen molar-refractivity contribution in [1.82, 2.24) is 24.6 Å². The lowest BCUT2D eigenvalue weighted by molar-refractivity contribution is -0.121. The third-order valence-electron chi connectivity index (χ3n) is 4.74. The number of anilines is 1. The second-order valence-corrected chi connectivity index (χ2v) is 6.42. The Morgan fingerprint density at radius 2 is 2.09 bits per heavy atom. The lowest BCUT2D eigenvalue weighted by atomic mass is 10.2. The van der Waals surface area contributed by atoms with E-state index in [1.54, 1.807) is 6.20 Å². The number of hydrogen-bond donors (Lipinski definition) is 2. The summed E-state index contributed by atoms with van der Waals surface area (Å²) in [5.41, 5.74) is 0.781. The molecule has 3 heterocycles. The smallest absolute Gasteiger partial charge is 0.242 e. The fourth-order valence-electron chi connectivity index (χ4n) is 3.47. The summed E-state index contributed by atoms with van der Waals surface area (Å²) < 4.78 is 1.90. The van der Waals surface area contributed by atoms with Gasteiger partial charge >= 0.3 is 0 Å². The first-order valence-corrected chi connectivity index (χ1v) is 8.08. The molecule has 0 unspecified atom stereocenters. The molecule has 3 rings (SSSR count). The molecule has 2 aromatic heterocycles. The van der Waals surface area contributed by atoms with E-state index in [0.717, 1.165) is 24.4 Å². The molecule has 0 aromatic carbocycles. The minimum atomic E-state index is -0.171. The zero-order chi connectivity index (χ0) is 16.6. The minimum Gasteiger partial charge on any atom is -0.333 e. The van der Waals surface area contributed by atoms with Crippen LogP contribution in [0.5, 0.6) is 0 Å². The van der Waals surface area contributed by atoms with E-state index in [2.05, 4.69) is 39.2 Å². The number of rotatable bonds is 4. The van der Waals surface area contributed by atoms with Crippen molar-refractivity contribution in [3.63, 3.8) is 0 Å². The van der Waals surface area contributed by atoms with Gasteiger partial charge in [-0.25, -0.2) is 4.98 Å². The van der Waals surface area contributed by atoms with Gasteiger partial charge in [-0.1, -0.05) is 0 Å². The molecule has 2 aromatic rings. The standard InChI is InChI=1S/C16H24N6O/c1-10-5-6-11(2)22(10)12(3)16(23)18-14-9-13(19-20-14)15-17-7-8-21(15)4/h7-12H,5-6H2,1-4H3,(H2,18,19,20,23)/t10-,11+,12-/m1/s1. The predicted molar refractivity (Wildman–Crippen MR) is 88.9 cm³/mol. The largest absolute Gasteiger partial charge is 0.333 e. The summed E-state index contributed by atoms with van der Waals surface area (Å²) in [5.74, 6) is 1.29. The summed E-state index contributed by atoms with van der Waals surface area (Å²) in [6, 6.07) is 2.51. The second-order valence-electron chi connectivity index (χ2n) is 6.42. The molecule has 0 saturated carbocycles. The minimum absolute atomic E-state index is 0.0245. The third-order valence-corrected chi connectivity index (χ3v) is 4.74. The van der Waals surface area contributed by atoms with Gasteiger partial charge in [0.2, 0.25) is 5.91 Å². The van der Waals surface area contributed by atoms with Crippen LogP contribution in [0, 0.1) is 0 Å². The number of likely N-dealkylation sites (tertiary alicyclic amines) is 1. The maximum atomic E-state index is 12.5. The molecule has 7 heteroatoms. The van der Waals surface area contributed by atoms with Gasteiger partial charge < -0.3 is 9.88 Å². The van der Waals surface area contributed by atoms with Crippen LogP contribution in [-0.4, -0.2) is 48.7 Å². The number of H-pyrrole nitrogens is 1. The van der Waals surface area contributed by atoms with Crippen LogP contribution >= 0.6 is 0 Å². The number of hydrogen-bond acceptors (Lipinski definition) is 4. The van der Waals surface area contributed by atoms with Crippen LogP contribution in [0.4, 0.5) is 5.82 Å². The molecule has 0 aliphatic carbocycles. The lowest BCUT2D eigenvalue weighted by Gasteiger charge is -2.31. The average molecular weight is 316 g/mol. The quantitative estimate of drug-likeness (QED) is 0.904. The maximum absolute atomic E-state index is 12.5. The van der Waals surface area contributed by atoms with Gasteiger partial charge in [0.1, 0.15) is 5.69 Å². The highest BCUT2D eigenvalue weighted by molar-refractivity contribution is 5.94. The lowest BCUT2D eigenvalue weighted by Crippen LogP contribution is -2.46. The van der Waals surface area contributed by atoms with E-state index < -0.39 is 0 Å². The first kappa shape index (κ1) is 15.7. The van der Waals surface area contributed by atoms with Crippen molar-refractivity contribution in [3.8, 4) is 11.5 Å². The summed E-state index contributed by atoms with van der Waals surface area (Å²) in [7, 11) is 1.92. The van der Waals surface area contributed by atoms with Crippen LogP contribution in [0.25, 0.3) is 11.5 Å². The Hall–Kier alpha value is -2.15. The van der Waals surface area contributed by atoms with E-state index in [9.17, 15) is 4.79 Å². The molecule has 1 saturated heterocycles. The van der Waals surface area contributed by atoms with Crippen molar-refractivity contribution < 1.29 is 4.79 Å². The van der Waals surface area contributed by atoms with Crippen molar-refractivity contribution in [2.75, 3.05) is 5.32 Å². The Labute approximate surface area is 136 Å². The van der Waals surface area contributed by atoms with Crippen LogP contribution in [0.3, 0.4) is 0 Å². The van der Waals surface area contributed by atoms with Crippen LogP contribution in [-0.2, 0) is 11.8 Å². The van der Waals surface area contributed by atoms with Gasteiger partial charge in [0.05, 0.1) is 6.04 Å².